The largest absolute Gasteiger partial charge is 0.324 e. The lowest BCUT2D eigenvalue weighted by atomic mass is 9.96. The van der Waals surface area contributed by atoms with Gasteiger partial charge in [-0.1, -0.05) is 121 Å². The summed E-state index contributed by atoms with van der Waals surface area (Å²) >= 11 is 0. The molecule has 8 bridgehead atoms. The van der Waals surface area contributed by atoms with Crippen LogP contribution in [-0.2, 0) is 40.5 Å². The first-order chi connectivity index (χ1) is 38.2. The number of aromatic amines is 2. The second-order valence-electron chi connectivity index (χ2n) is 18.5. The molecule has 0 fully saturated rings. The quantitative estimate of drug-likeness (QED) is 0.0770. The summed E-state index contributed by atoms with van der Waals surface area (Å²) in [5.74, 6) is 0.652. The fourth-order valence-corrected chi connectivity index (χ4v) is 12.1. The molecule has 3 aromatic heterocycles. The van der Waals surface area contributed by atoms with E-state index in [1.165, 1.54) is 72.8 Å². The second kappa shape index (κ2) is 18.2. The molecule has 0 aliphatic carbocycles. The van der Waals surface area contributed by atoms with Crippen molar-refractivity contribution in [3.63, 3.8) is 0 Å². The minimum Gasteiger partial charge on any atom is -0.324 e. The molecule has 2 aliphatic rings. The zero-order chi connectivity index (χ0) is 55.6. The van der Waals surface area contributed by atoms with Gasteiger partial charge in [0, 0.05) is 43.8 Å². The minimum atomic E-state index is -4.56. The zero-order valence-corrected chi connectivity index (χ0v) is 43.8. The fourth-order valence-electron chi connectivity index (χ4n) is 10.2. The van der Waals surface area contributed by atoms with Crippen LogP contribution in [0.15, 0.2) is 189 Å². The van der Waals surface area contributed by atoms with Gasteiger partial charge in [0.1, 0.15) is 22.6 Å². The number of aromatic nitrogens is 8. The van der Waals surface area contributed by atoms with E-state index in [9.17, 15) is 51.9 Å². The van der Waals surface area contributed by atoms with Gasteiger partial charge in [-0.05, 0) is 93.0 Å². The predicted octanol–water partition coefficient (Wildman–Crippen LogP) is 10.5. The average molecular weight is 1140 g/mol. The number of hydrogen-bond donors (Lipinski definition) is 6. The first kappa shape index (κ1) is 50.3. The summed E-state index contributed by atoms with van der Waals surface area (Å²) in [5.41, 5.74) is 7.34. The molecule has 8 aromatic carbocycles. The normalized spacial score (nSPS) is 12.7. The van der Waals surface area contributed by atoms with Gasteiger partial charge in [-0.3, -0.25) is 18.2 Å². The average Bonchev–Trinajstić information content (AvgIpc) is 4.35. The molecular formula is C56H34N8O12S4. The highest BCUT2D eigenvalue weighted by molar-refractivity contribution is 7.86. The van der Waals surface area contributed by atoms with Gasteiger partial charge in [-0.15, -0.1) is 0 Å². The van der Waals surface area contributed by atoms with Crippen LogP contribution in [0.5, 0.6) is 0 Å². The monoisotopic (exact) mass is 1140 g/mol. The third-order valence-corrected chi connectivity index (χ3v) is 17.3. The van der Waals surface area contributed by atoms with Crippen molar-refractivity contribution in [2.24, 2.45) is 0 Å². The Kier molecular flexibility index (Phi) is 11.4. The lowest BCUT2D eigenvalue weighted by Gasteiger charge is -2.09. The van der Waals surface area contributed by atoms with Gasteiger partial charge in [0.15, 0.2) is 23.3 Å². The van der Waals surface area contributed by atoms with Gasteiger partial charge in [-0.25, -0.2) is 29.9 Å². The Morgan fingerprint density at radius 2 is 0.537 bits per heavy atom. The topological polar surface area (TPSA) is 326 Å². The standard InChI is InChI=1S/C56H34N8O12S4/c65-77(66,67)33-21-13-29(14-22-33)37-5-1-9-41-45(37)53-58-49(41)57-50-42-10-2-6-38(30-15-23-34(24-16-30)78(68,69)70)46(42)54(59-50)61-52-44-12-4-8-40(32-19-27-36(28-20-32)80(74,75)76)48(44)56(63-52)64-55-47-39(7-3-11-43(47)51(60-53)62-55)31-17-25-35(26-18-31)79(71,72)73/h1-28H,(H,65,66,67)(H,68,69,70)(H,71,72,73)(H,74,75,76)(H2,57,58,59,60,61,62,63,64). The first-order valence-electron chi connectivity index (χ1n) is 23.8. The number of nitrogens with zero attached hydrogens (tertiary/aromatic N) is 6. The molecule has 0 saturated heterocycles. The first-order valence-corrected chi connectivity index (χ1v) is 29.6. The highest BCUT2D eigenvalue weighted by Gasteiger charge is 2.28. The number of fused-ring (bicyclic) bond motifs is 20. The van der Waals surface area contributed by atoms with Crippen molar-refractivity contribution in [1.82, 2.24) is 39.9 Å². The Morgan fingerprint density at radius 3 is 0.875 bits per heavy atom. The minimum absolute atomic E-state index is 0.128. The van der Waals surface area contributed by atoms with E-state index in [4.69, 9.17) is 29.9 Å². The fraction of sp³-hybridized carbons (Fsp3) is 0. The van der Waals surface area contributed by atoms with E-state index in [0.29, 0.717) is 88.3 Å². The van der Waals surface area contributed by atoms with E-state index < -0.39 is 40.5 Å². The maximum atomic E-state index is 12.2. The summed E-state index contributed by atoms with van der Waals surface area (Å²) in [4.78, 5) is 36.7. The number of hydrogen-bond acceptors (Lipinski definition) is 14. The summed E-state index contributed by atoms with van der Waals surface area (Å²) in [6.07, 6.45) is 0. The lowest BCUT2D eigenvalue weighted by molar-refractivity contribution is 0.481. The molecule has 13 rings (SSSR count). The molecule has 0 unspecified atom stereocenters. The summed E-state index contributed by atoms with van der Waals surface area (Å²) in [6.45, 7) is 0. The number of nitrogens with one attached hydrogen (secondary N) is 2. The molecule has 2 aliphatic heterocycles. The summed E-state index contributed by atoms with van der Waals surface area (Å²) in [7, 11) is -18.2. The van der Waals surface area contributed by atoms with E-state index in [1.54, 1.807) is 84.9 Å². The molecule has 24 heteroatoms. The van der Waals surface area contributed by atoms with Crippen LogP contribution in [0.2, 0.25) is 0 Å². The van der Waals surface area contributed by atoms with E-state index in [0.717, 1.165) is 0 Å². The highest BCUT2D eigenvalue weighted by Crippen LogP contribution is 2.45. The van der Waals surface area contributed by atoms with E-state index in [1.807, 2.05) is 12.1 Å². The molecule has 5 heterocycles. The number of benzene rings is 8. The van der Waals surface area contributed by atoms with Gasteiger partial charge in [0.05, 0.1) is 19.6 Å². The van der Waals surface area contributed by atoms with Crippen LogP contribution in [0.1, 0.15) is 0 Å². The van der Waals surface area contributed by atoms with Gasteiger partial charge in [0.25, 0.3) is 40.5 Å². The van der Waals surface area contributed by atoms with Crippen LogP contribution in [0.3, 0.4) is 0 Å². The molecule has 394 valence electrons. The summed E-state index contributed by atoms with van der Waals surface area (Å²) in [6, 6.07) is 44.0. The number of H-pyrrole nitrogens is 2. The maximum Gasteiger partial charge on any atom is 0.294 e. The molecule has 20 nitrogen and oxygen atoms in total. The number of rotatable bonds is 8. The predicted molar refractivity (Wildman–Crippen MR) is 297 cm³/mol. The summed E-state index contributed by atoms with van der Waals surface area (Å²) in [5, 5.41) is 2.08. The van der Waals surface area contributed by atoms with E-state index in [-0.39, 0.29) is 65.5 Å². The third kappa shape index (κ3) is 8.68. The smallest absolute Gasteiger partial charge is 0.294 e. The van der Waals surface area contributed by atoms with Crippen molar-refractivity contribution >= 4 is 84.6 Å². The van der Waals surface area contributed by atoms with E-state index >= 15 is 0 Å². The Morgan fingerprint density at radius 1 is 0.275 bits per heavy atom. The van der Waals surface area contributed by atoms with Gasteiger partial charge >= 0.3 is 0 Å². The van der Waals surface area contributed by atoms with Crippen LogP contribution in [0, 0.1) is 0 Å². The molecule has 0 atom stereocenters. The van der Waals surface area contributed by atoms with Crippen LogP contribution < -0.4 is 0 Å². The van der Waals surface area contributed by atoms with Crippen molar-refractivity contribution in [1.29, 1.82) is 0 Å². The van der Waals surface area contributed by atoms with E-state index in [2.05, 4.69) is 9.97 Å². The van der Waals surface area contributed by atoms with Gasteiger partial charge < -0.3 is 9.97 Å². The lowest BCUT2D eigenvalue weighted by Crippen LogP contribution is -1.97. The van der Waals surface area contributed by atoms with Crippen LogP contribution in [0.4, 0.5) is 0 Å². The Hall–Kier alpha value is -9.24. The molecule has 0 saturated carbocycles. The molecule has 6 N–H and O–H groups in total. The second-order valence-corrected chi connectivity index (χ2v) is 24.2. The Bertz CT molecular complexity index is 5160. The molecule has 0 spiro atoms. The molecule has 0 radical (unpaired) electrons. The zero-order valence-electron chi connectivity index (χ0n) is 40.5. The molecule has 0 amide bonds. The van der Waals surface area contributed by atoms with Crippen molar-refractivity contribution in [2.45, 2.75) is 19.6 Å². The summed E-state index contributed by atoms with van der Waals surface area (Å²) < 4.78 is 137. The Balaban J connectivity index is 1.18. The van der Waals surface area contributed by atoms with Crippen molar-refractivity contribution in [3.8, 4) is 90.1 Å². The van der Waals surface area contributed by atoms with Gasteiger partial charge in [0.2, 0.25) is 0 Å². The van der Waals surface area contributed by atoms with Crippen molar-refractivity contribution in [2.75, 3.05) is 0 Å². The SMILES string of the molecule is O=S(=O)(O)c1ccc(-c2cccc3c2-c2nc-3nc3[nH]c(nc4nc(nc5[nH]c(n2)c2cccc(-c6ccc(S(=O)(=O)O)cc6)c52)-c2c(-c5ccc(S(=O)(=O)O)cc5)cccc2-4)c2c(-c4ccc(S(=O)(=O)O)cc4)cccc32)cc1. The molecule has 80 heavy (non-hydrogen) atoms. The third-order valence-electron chi connectivity index (χ3n) is 13.8. The highest BCUT2D eigenvalue weighted by atomic mass is 32.2. The Labute approximate surface area is 453 Å². The molecule has 11 aromatic rings. The van der Waals surface area contributed by atoms with Gasteiger partial charge in [-0.2, -0.15) is 33.7 Å². The molecular weight excluding hydrogens is 1100 g/mol. The maximum absolute atomic E-state index is 12.2. The van der Waals surface area contributed by atoms with Crippen molar-refractivity contribution < 1.29 is 51.9 Å². The van der Waals surface area contributed by atoms with Crippen LogP contribution in [0.25, 0.3) is 134 Å². The van der Waals surface area contributed by atoms with Crippen molar-refractivity contribution in [3.05, 3.63) is 170 Å². The van der Waals surface area contributed by atoms with Crippen LogP contribution >= 0.6 is 0 Å². The van der Waals surface area contributed by atoms with Crippen LogP contribution in [-0.4, -0.2) is 91.8 Å².